The quantitative estimate of drug-likeness (QED) is 0.845. The van der Waals surface area contributed by atoms with Crippen molar-refractivity contribution in [3.63, 3.8) is 0 Å². The van der Waals surface area contributed by atoms with E-state index in [1.807, 2.05) is 0 Å². The zero-order valence-corrected chi connectivity index (χ0v) is 12.2. The molecule has 3 atom stereocenters. The molecule has 4 rings (SSSR count). The summed E-state index contributed by atoms with van der Waals surface area (Å²) in [6.45, 7) is 3.02. The van der Waals surface area contributed by atoms with E-state index in [-0.39, 0.29) is 12.0 Å². The topological polar surface area (TPSA) is 32.3 Å². The Morgan fingerprint density at radius 1 is 1.10 bits per heavy atom. The first-order valence-corrected chi connectivity index (χ1v) is 8.06. The molecule has 1 aliphatic carbocycles. The molecule has 3 heteroatoms. The van der Waals surface area contributed by atoms with E-state index < -0.39 is 0 Å². The molecular formula is C18H22N2O. The highest BCUT2D eigenvalue weighted by Crippen LogP contribution is 2.43. The van der Waals surface area contributed by atoms with Crippen LogP contribution in [0.25, 0.3) is 0 Å². The molecule has 0 bridgehead atoms. The first-order chi connectivity index (χ1) is 10.3. The number of hydrogen-bond donors (Lipinski definition) is 1. The third-order valence-corrected chi connectivity index (χ3v) is 5.35. The molecule has 2 fully saturated rings. The summed E-state index contributed by atoms with van der Waals surface area (Å²) in [5.41, 5.74) is 1.30. The smallest absolute Gasteiger partial charge is 0.226 e. The fraction of sp³-hybridized carbons (Fsp3) is 0.500. The Balaban J connectivity index is 1.63. The Labute approximate surface area is 126 Å². The van der Waals surface area contributed by atoms with Gasteiger partial charge in [0.05, 0.1) is 6.04 Å². The van der Waals surface area contributed by atoms with Crippen LogP contribution in [-0.4, -0.2) is 30.4 Å². The van der Waals surface area contributed by atoms with Crippen molar-refractivity contribution in [3.8, 4) is 0 Å². The molecule has 0 saturated carbocycles. The van der Waals surface area contributed by atoms with E-state index in [9.17, 15) is 4.79 Å². The minimum atomic E-state index is 0.183. The van der Waals surface area contributed by atoms with Crippen molar-refractivity contribution in [2.45, 2.75) is 18.9 Å². The van der Waals surface area contributed by atoms with Crippen molar-refractivity contribution in [1.82, 2.24) is 10.2 Å². The number of likely N-dealkylation sites (tertiary alicyclic amines) is 1. The normalized spacial score (nSPS) is 31.8. The lowest BCUT2D eigenvalue weighted by Crippen LogP contribution is -2.38. The number of carbonyl (C=O) groups excluding carboxylic acids is 1. The van der Waals surface area contributed by atoms with Gasteiger partial charge in [0.2, 0.25) is 5.91 Å². The maximum atomic E-state index is 12.9. The highest BCUT2D eigenvalue weighted by Gasteiger charge is 2.47. The van der Waals surface area contributed by atoms with Gasteiger partial charge in [0, 0.05) is 31.5 Å². The van der Waals surface area contributed by atoms with Crippen molar-refractivity contribution in [3.05, 3.63) is 48.0 Å². The third kappa shape index (κ3) is 2.20. The molecule has 1 aromatic carbocycles. The van der Waals surface area contributed by atoms with Gasteiger partial charge in [0.1, 0.15) is 0 Å². The fourth-order valence-corrected chi connectivity index (χ4v) is 4.28. The highest BCUT2D eigenvalue weighted by atomic mass is 16.2. The molecule has 0 spiro atoms. The van der Waals surface area contributed by atoms with E-state index in [1.165, 1.54) is 5.56 Å². The van der Waals surface area contributed by atoms with Gasteiger partial charge in [-0.1, -0.05) is 42.5 Å². The van der Waals surface area contributed by atoms with E-state index in [0.29, 0.717) is 17.7 Å². The number of allylic oxidation sites excluding steroid dienone is 2. The number of benzene rings is 1. The van der Waals surface area contributed by atoms with Gasteiger partial charge in [-0.15, -0.1) is 0 Å². The molecule has 2 saturated heterocycles. The van der Waals surface area contributed by atoms with Crippen LogP contribution in [0.5, 0.6) is 0 Å². The van der Waals surface area contributed by atoms with E-state index in [4.69, 9.17) is 0 Å². The summed E-state index contributed by atoms with van der Waals surface area (Å²) in [6, 6.07) is 10.8. The molecule has 1 amide bonds. The lowest BCUT2D eigenvalue weighted by molar-refractivity contribution is -0.136. The number of nitrogens with one attached hydrogen (secondary N) is 1. The van der Waals surface area contributed by atoms with Crippen molar-refractivity contribution in [2.75, 3.05) is 19.6 Å². The fourth-order valence-electron chi connectivity index (χ4n) is 4.28. The minimum Gasteiger partial charge on any atom is -0.335 e. The Hall–Kier alpha value is -1.61. The van der Waals surface area contributed by atoms with E-state index in [1.54, 1.807) is 0 Å². The van der Waals surface area contributed by atoms with Crippen LogP contribution in [0.15, 0.2) is 42.5 Å². The SMILES string of the molecule is O=C(C1CC=CC1)N1C[C@@H]2CNC[C@@H]2[C@@H]1c1ccccc1. The molecule has 3 aliphatic rings. The summed E-state index contributed by atoms with van der Waals surface area (Å²) in [5, 5.41) is 3.50. The summed E-state index contributed by atoms with van der Waals surface area (Å²) in [7, 11) is 0. The molecular weight excluding hydrogens is 260 g/mol. The van der Waals surface area contributed by atoms with Crippen LogP contribution in [0, 0.1) is 17.8 Å². The maximum Gasteiger partial charge on any atom is 0.226 e. The van der Waals surface area contributed by atoms with Crippen molar-refractivity contribution < 1.29 is 4.79 Å². The third-order valence-electron chi connectivity index (χ3n) is 5.35. The first kappa shape index (κ1) is 13.1. The van der Waals surface area contributed by atoms with Gasteiger partial charge in [0.15, 0.2) is 0 Å². The zero-order valence-electron chi connectivity index (χ0n) is 12.2. The van der Waals surface area contributed by atoms with Gasteiger partial charge in [-0.25, -0.2) is 0 Å². The molecule has 2 aliphatic heterocycles. The van der Waals surface area contributed by atoms with Gasteiger partial charge in [-0.2, -0.15) is 0 Å². The predicted molar refractivity (Wildman–Crippen MR) is 82.6 cm³/mol. The second kappa shape index (κ2) is 5.30. The van der Waals surface area contributed by atoms with Gasteiger partial charge in [-0.3, -0.25) is 4.79 Å². The molecule has 21 heavy (non-hydrogen) atoms. The number of nitrogens with zero attached hydrogens (tertiary/aromatic N) is 1. The summed E-state index contributed by atoms with van der Waals surface area (Å²) in [5.74, 6) is 1.74. The van der Waals surface area contributed by atoms with Crippen LogP contribution < -0.4 is 5.32 Å². The second-order valence-corrected chi connectivity index (χ2v) is 6.57. The number of fused-ring (bicyclic) bond motifs is 1. The van der Waals surface area contributed by atoms with E-state index in [2.05, 4.69) is 52.7 Å². The van der Waals surface area contributed by atoms with Crippen LogP contribution in [0.2, 0.25) is 0 Å². The van der Waals surface area contributed by atoms with Crippen molar-refractivity contribution >= 4 is 5.91 Å². The first-order valence-electron chi connectivity index (χ1n) is 8.06. The summed E-state index contributed by atoms with van der Waals surface area (Å²) >= 11 is 0. The largest absolute Gasteiger partial charge is 0.335 e. The van der Waals surface area contributed by atoms with Gasteiger partial charge in [-0.05, 0) is 24.3 Å². The molecule has 3 nitrogen and oxygen atoms in total. The standard InChI is InChI=1S/C18H22N2O/c21-18(14-8-4-5-9-14)20-12-15-10-19-11-16(15)17(20)13-6-2-1-3-7-13/h1-7,14-17,19H,8-12H2/t15-,16-,17-/m0/s1. The molecule has 110 valence electrons. The molecule has 0 unspecified atom stereocenters. The average molecular weight is 282 g/mol. The van der Waals surface area contributed by atoms with E-state index in [0.717, 1.165) is 32.5 Å². The number of carbonyl (C=O) groups is 1. The Bertz CT molecular complexity index is 546. The Morgan fingerprint density at radius 3 is 2.62 bits per heavy atom. The Kier molecular flexibility index (Phi) is 3.30. The second-order valence-electron chi connectivity index (χ2n) is 6.57. The predicted octanol–water partition coefficient (Wildman–Crippen LogP) is 2.37. The molecule has 2 heterocycles. The zero-order chi connectivity index (χ0) is 14.2. The van der Waals surface area contributed by atoms with E-state index >= 15 is 0 Å². The van der Waals surface area contributed by atoms with Crippen LogP contribution >= 0.6 is 0 Å². The van der Waals surface area contributed by atoms with Crippen molar-refractivity contribution in [1.29, 1.82) is 0 Å². The summed E-state index contributed by atoms with van der Waals surface area (Å²) < 4.78 is 0. The average Bonchev–Trinajstić information content (AvgIpc) is 3.23. The maximum absolute atomic E-state index is 12.9. The van der Waals surface area contributed by atoms with Crippen LogP contribution in [-0.2, 0) is 4.79 Å². The molecule has 1 N–H and O–H groups in total. The monoisotopic (exact) mass is 282 g/mol. The van der Waals surface area contributed by atoms with Crippen LogP contribution in [0.1, 0.15) is 24.4 Å². The Morgan fingerprint density at radius 2 is 1.86 bits per heavy atom. The number of hydrogen-bond acceptors (Lipinski definition) is 2. The lowest BCUT2D eigenvalue weighted by atomic mass is 9.89. The number of amides is 1. The minimum absolute atomic E-state index is 0.183. The van der Waals surface area contributed by atoms with Crippen LogP contribution in [0.3, 0.4) is 0 Å². The molecule has 0 aromatic heterocycles. The summed E-state index contributed by atoms with van der Waals surface area (Å²) in [4.78, 5) is 15.1. The van der Waals surface area contributed by atoms with Crippen molar-refractivity contribution in [2.24, 2.45) is 17.8 Å². The van der Waals surface area contributed by atoms with Gasteiger partial charge in [0.25, 0.3) is 0 Å². The summed E-state index contributed by atoms with van der Waals surface area (Å²) in [6.07, 6.45) is 6.14. The van der Waals surface area contributed by atoms with Gasteiger partial charge < -0.3 is 10.2 Å². The molecule has 0 radical (unpaired) electrons. The van der Waals surface area contributed by atoms with Gasteiger partial charge >= 0.3 is 0 Å². The number of rotatable bonds is 2. The molecule has 1 aromatic rings. The highest BCUT2D eigenvalue weighted by molar-refractivity contribution is 5.80. The van der Waals surface area contributed by atoms with Crippen LogP contribution in [0.4, 0.5) is 0 Å². The lowest BCUT2D eigenvalue weighted by Gasteiger charge is -2.30.